The molecule has 2 fully saturated rings. The van der Waals surface area contributed by atoms with Crippen molar-refractivity contribution < 1.29 is 4.92 Å². The van der Waals surface area contributed by atoms with Crippen LogP contribution in [-0.2, 0) is 0 Å². The lowest BCUT2D eigenvalue weighted by atomic mass is 10.1. The lowest BCUT2D eigenvalue weighted by molar-refractivity contribution is -0.384. The highest BCUT2D eigenvalue weighted by molar-refractivity contribution is 7.99. The summed E-state index contributed by atoms with van der Waals surface area (Å²) in [7, 11) is 0. The maximum Gasteiger partial charge on any atom is 0.269 e. The largest absolute Gasteiger partial charge is 0.303 e. The van der Waals surface area contributed by atoms with Gasteiger partial charge in [-0.05, 0) is 38.2 Å². The van der Waals surface area contributed by atoms with Gasteiger partial charge in [-0.15, -0.1) is 10.2 Å². The number of nitro groups is 1. The van der Waals surface area contributed by atoms with Gasteiger partial charge in [0.15, 0.2) is 5.16 Å². The van der Waals surface area contributed by atoms with E-state index in [4.69, 9.17) is 0 Å². The van der Waals surface area contributed by atoms with E-state index < -0.39 is 0 Å². The third kappa shape index (κ3) is 2.97. The average Bonchev–Trinajstić information content (AvgIpc) is 3.46. The fourth-order valence-corrected chi connectivity index (χ4v) is 3.82. The molecule has 1 heterocycles. The van der Waals surface area contributed by atoms with Crippen molar-refractivity contribution in [2.24, 2.45) is 0 Å². The first-order valence-corrected chi connectivity index (χ1v) is 8.87. The lowest BCUT2D eigenvalue weighted by Gasteiger charge is -2.13. The molecule has 7 heteroatoms. The fourth-order valence-electron chi connectivity index (χ4n) is 2.78. The zero-order valence-corrected chi connectivity index (χ0v) is 13.7. The zero-order valence-electron chi connectivity index (χ0n) is 12.9. The molecule has 0 radical (unpaired) electrons. The Morgan fingerprint density at radius 2 is 2.09 bits per heavy atom. The quantitative estimate of drug-likeness (QED) is 0.449. The summed E-state index contributed by atoms with van der Waals surface area (Å²) in [4.78, 5) is 10.6. The van der Waals surface area contributed by atoms with Crippen LogP contribution in [-0.4, -0.2) is 19.7 Å². The van der Waals surface area contributed by atoms with Gasteiger partial charge in [-0.1, -0.05) is 23.9 Å². The molecule has 0 N–H and O–H groups in total. The van der Waals surface area contributed by atoms with Crippen molar-refractivity contribution in [3.63, 3.8) is 0 Å². The molecule has 2 aliphatic carbocycles. The van der Waals surface area contributed by atoms with E-state index in [1.54, 1.807) is 23.9 Å². The van der Waals surface area contributed by atoms with Crippen molar-refractivity contribution in [3.8, 4) is 0 Å². The molecule has 1 atom stereocenters. The number of nitrogens with zero attached hydrogens (tertiary/aromatic N) is 4. The van der Waals surface area contributed by atoms with Crippen LogP contribution in [0.3, 0.4) is 0 Å². The number of rotatable bonds is 6. The van der Waals surface area contributed by atoms with Crippen molar-refractivity contribution in [1.29, 1.82) is 0 Å². The number of thioether (sulfide) groups is 1. The molecule has 1 aromatic carbocycles. The van der Waals surface area contributed by atoms with E-state index in [0.717, 1.165) is 16.5 Å². The second-order valence-electron chi connectivity index (χ2n) is 6.33. The Bertz CT molecular complexity index is 752. The van der Waals surface area contributed by atoms with E-state index in [1.807, 2.05) is 6.07 Å². The van der Waals surface area contributed by atoms with Crippen LogP contribution in [0.5, 0.6) is 0 Å². The van der Waals surface area contributed by atoms with Crippen molar-refractivity contribution in [1.82, 2.24) is 14.8 Å². The van der Waals surface area contributed by atoms with Gasteiger partial charge in [0, 0.05) is 29.3 Å². The molecule has 2 aliphatic rings. The molecule has 0 aliphatic heterocycles. The Balaban J connectivity index is 1.58. The first kappa shape index (κ1) is 14.7. The first-order chi connectivity index (χ1) is 11.1. The van der Waals surface area contributed by atoms with Gasteiger partial charge in [0.1, 0.15) is 5.82 Å². The highest BCUT2D eigenvalue weighted by Crippen LogP contribution is 2.47. The van der Waals surface area contributed by atoms with E-state index in [0.29, 0.717) is 12.0 Å². The van der Waals surface area contributed by atoms with E-state index >= 15 is 0 Å². The van der Waals surface area contributed by atoms with Crippen LogP contribution < -0.4 is 0 Å². The molecule has 6 nitrogen and oxygen atoms in total. The molecule has 23 heavy (non-hydrogen) atoms. The molecule has 0 spiro atoms. The maximum atomic E-state index is 10.9. The third-order valence-electron chi connectivity index (χ3n) is 4.38. The number of nitro benzene ring substituents is 1. The monoisotopic (exact) mass is 330 g/mol. The summed E-state index contributed by atoms with van der Waals surface area (Å²) in [5.41, 5.74) is 1.08. The van der Waals surface area contributed by atoms with Gasteiger partial charge < -0.3 is 4.57 Å². The fraction of sp³-hybridized carbons (Fsp3) is 0.500. The maximum absolute atomic E-state index is 10.9. The molecule has 4 rings (SSSR count). The number of non-ortho nitro benzene ring substituents is 1. The SMILES string of the molecule is C[C@@H](Sc1nnc(C2CC2)n1C1CC1)c1cccc([N+](=O)[O-])c1. The Hall–Kier alpha value is -1.89. The minimum atomic E-state index is -0.348. The molecular formula is C16H18N4O2S. The van der Waals surface area contributed by atoms with Crippen molar-refractivity contribution in [2.45, 2.75) is 55.0 Å². The molecule has 0 amide bonds. The van der Waals surface area contributed by atoms with Gasteiger partial charge in [0.25, 0.3) is 5.69 Å². The lowest BCUT2D eigenvalue weighted by Crippen LogP contribution is -2.03. The normalized spacial score (nSPS) is 18.8. The van der Waals surface area contributed by atoms with Gasteiger partial charge in [-0.3, -0.25) is 10.1 Å². The van der Waals surface area contributed by atoms with Gasteiger partial charge in [0.05, 0.1) is 4.92 Å². The summed E-state index contributed by atoms with van der Waals surface area (Å²) in [5.74, 6) is 1.73. The van der Waals surface area contributed by atoms with Crippen LogP contribution in [0.15, 0.2) is 29.4 Å². The van der Waals surface area contributed by atoms with Crippen molar-refractivity contribution in [3.05, 3.63) is 45.8 Å². The summed E-state index contributed by atoms with van der Waals surface area (Å²) in [5, 5.41) is 20.8. The van der Waals surface area contributed by atoms with Crippen LogP contribution >= 0.6 is 11.8 Å². The summed E-state index contributed by atoms with van der Waals surface area (Å²) in [6, 6.07) is 7.41. The summed E-state index contributed by atoms with van der Waals surface area (Å²) in [6.45, 7) is 2.06. The summed E-state index contributed by atoms with van der Waals surface area (Å²) in [6.07, 6.45) is 4.85. The molecule has 1 aromatic heterocycles. The van der Waals surface area contributed by atoms with Gasteiger partial charge >= 0.3 is 0 Å². The standard InChI is InChI=1S/C16H18N4O2S/c1-10(12-3-2-4-14(9-12)20(21)22)23-16-18-17-15(11-5-6-11)19(16)13-7-8-13/h2-4,9-11,13H,5-8H2,1H3/t10-/m1/s1. The minimum absolute atomic E-state index is 0.101. The average molecular weight is 330 g/mol. The Kier molecular flexibility index (Phi) is 3.60. The van der Waals surface area contributed by atoms with Crippen LogP contribution in [0.25, 0.3) is 0 Å². The molecule has 2 aromatic rings. The van der Waals surface area contributed by atoms with Gasteiger partial charge in [0.2, 0.25) is 0 Å². The second kappa shape index (κ2) is 5.63. The molecule has 120 valence electrons. The first-order valence-electron chi connectivity index (χ1n) is 7.99. The number of hydrogen-bond donors (Lipinski definition) is 0. The second-order valence-corrected chi connectivity index (χ2v) is 7.64. The van der Waals surface area contributed by atoms with E-state index in [-0.39, 0.29) is 15.9 Å². The van der Waals surface area contributed by atoms with Gasteiger partial charge in [-0.25, -0.2) is 0 Å². The van der Waals surface area contributed by atoms with Crippen LogP contribution in [0.2, 0.25) is 0 Å². The number of hydrogen-bond acceptors (Lipinski definition) is 5. The van der Waals surface area contributed by atoms with Crippen molar-refractivity contribution in [2.75, 3.05) is 0 Å². The van der Waals surface area contributed by atoms with Crippen LogP contribution in [0, 0.1) is 10.1 Å². The smallest absolute Gasteiger partial charge is 0.269 e. The highest BCUT2D eigenvalue weighted by atomic mass is 32.2. The Morgan fingerprint density at radius 3 is 2.74 bits per heavy atom. The molecular weight excluding hydrogens is 312 g/mol. The predicted molar refractivity (Wildman–Crippen MR) is 87.6 cm³/mol. The van der Waals surface area contributed by atoms with E-state index in [1.165, 1.54) is 31.7 Å². The topological polar surface area (TPSA) is 73.8 Å². The predicted octanol–water partition coefficient (Wildman–Crippen LogP) is 4.25. The minimum Gasteiger partial charge on any atom is -0.303 e. The molecule has 0 bridgehead atoms. The van der Waals surface area contributed by atoms with Crippen LogP contribution in [0.4, 0.5) is 5.69 Å². The third-order valence-corrected chi connectivity index (χ3v) is 5.49. The zero-order chi connectivity index (χ0) is 16.0. The molecule has 2 saturated carbocycles. The molecule has 0 unspecified atom stereocenters. The van der Waals surface area contributed by atoms with E-state index in [9.17, 15) is 10.1 Å². The Morgan fingerprint density at radius 1 is 1.30 bits per heavy atom. The summed E-state index contributed by atoms with van der Waals surface area (Å²) < 4.78 is 2.32. The van der Waals surface area contributed by atoms with Crippen molar-refractivity contribution >= 4 is 17.4 Å². The summed E-state index contributed by atoms with van der Waals surface area (Å²) >= 11 is 1.64. The number of aromatic nitrogens is 3. The Labute approximate surface area is 138 Å². The highest BCUT2D eigenvalue weighted by Gasteiger charge is 2.36. The van der Waals surface area contributed by atoms with Gasteiger partial charge in [-0.2, -0.15) is 0 Å². The van der Waals surface area contributed by atoms with E-state index in [2.05, 4.69) is 21.7 Å². The van der Waals surface area contributed by atoms with Crippen LogP contribution in [0.1, 0.15) is 61.2 Å². The molecule has 0 saturated heterocycles. The number of benzene rings is 1.